The molecular formula is C21H23N3O3. The maximum Gasteiger partial charge on any atom is 0.336 e. The number of rotatable bonds is 8. The standard InChI is InChI=1S/C21H23N3O3/c1-2-3-4-9-20(25)23-17-11-10-15-13-22-24(19(15)12-17)14-16-7-5-6-8-18(16)21(26)27/h5-8,10-13H,2-4,9,14H2,1H3,(H,23,25)(H,26,27). The number of carboxylic acids is 1. The number of benzene rings is 2. The number of amides is 1. The van der Waals surface area contributed by atoms with Crippen LogP contribution in [0.15, 0.2) is 48.7 Å². The molecular weight excluding hydrogens is 342 g/mol. The Morgan fingerprint density at radius 2 is 1.96 bits per heavy atom. The highest BCUT2D eigenvalue weighted by molar-refractivity contribution is 5.93. The smallest absolute Gasteiger partial charge is 0.336 e. The highest BCUT2D eigenvalue weighted by atomic mass is 16.4. The molecule has 0 atom stereocenters. The van der Waals surface area contributed by atoms with E-state index < -0.39 is 5.97 Å². The molecule has 0 saturated heterocycles. The summed E-state index contributed by atoms with van der Waals surface area (Å²) in [5.74, 6) is -0.952. The van der Waals surface area contributed by atoms with Gasteiger partial charge in [-0.25, -0.2) is 4.79 Å². The lowest BCUT2D eigenvalue weighted by Gasteiger charge is -2.09. The topological polar surface area (TPSA) is 84.2 Å². The molecule has 0 aliphatic heterocycles. The average molecular weight is 365 g/mol. The number of carboxylic acid groups (broad SMARTS) is 1. The zero-order valence-corrected chi connectivity index (χ0v) is 15.3. The van der Waals surface area contributed by atoms with Crippen LogP contribution in [0.3, 0.4) is 0 Å². The van der Waals surface area contributed by atoms with E-state index in [0.717, 1.165) is 35.9 Å². The zero-order valence-electron chi connectivity index (χ0n) is 15.3. The fraction of sp³-hybridized carbons (Fsp3) is 0.286. The molecule has 1 aromatic heterocycles. The third-order valence-electron chi connectivity index (χ3n) is 4.50. The molecule has 1 heterocycles. The number of aromatic carboxylic acids is 1. The van der Waals surface area contributed by atoms with Crippen molar-refractivity contribution in [2.24, 2.45) is 0 Å². The summed E-state index contributed by atoms with van der Waals surface area (Å²) >= 11 is 0. The summed E-state index contributed by atoms with van der Waals surface area (Å²) in [6, 6.07) is 12.5. The lowest BCUT2D eigenvalue weighted by molar-refractivity contribution is -0.116. The van der Waals surface area contributed by atoms with E-state index in [9.17, 15) is 14.7 Å². The van der Waals surface area contributed by atoms with Gasteiger partial charge in [-0.15, -0.1) is 0 Å². The molecule has 0 aliphatic rings. The molecule has 1 amide bonds. The SMILES string of the molecule is CCCCCC(=O)Nc1ccc2cnn(Cc3ccccc3C(=O)O)c2c1. The maximum atomic E-state index is 12.1. The van der Waals surface area contributed by atoms with Gasteiger partial charge in [-0.3, -0.25) is 9.48 Å². The number of aromatic nitrogens is 2. The van der Waals surface area contributed by atoms with Crippen molar-refractivity contribution in [1.29, 1.82) is 0 Å². The number of unbranched alkanes of at least 4 members (excludes halogenated alkanes) is 2. The summed E-state index contributed by atoms with van der Waals surface area (Å²) in [4.78, 5) is 23.5. The van der Waals surface area contributed by atoms with E-state index in [2.05, 4.69) is 17.3 Å². The first-order valence-corrected chi connectivity index (χ1v) is 9.15. The summed E-state index contributed by atoms with van der Waals surface area (Å²) in [7, 11) is 0. The van der Waals surface area contributed by atoms with Crippen LogP contribution in [-0.2, 0) is 11.3 Å². The van der Waals surface area contributed by atoms with E-state index in [-0.39, 0.29) is 11.5 Å². The van der Waals surface area contributed by atoms with Crippen LogP contribution in [0.2, 0.25) is 0 Å². The lowest BCUT2D eigenvalue weighted by atomic mass is 10.1. The lowest BCUT2D eigenvalue weighted by Crippen LogP contribution is -2.11. The normalized spacial score (nSPS) is 10.9. The van der Waals surface area contributed by atoms with E-state index in [1.54, 1.807) is 29.1 Å². The number of nitrogens with one attached hydrogen (secondary N) is 1. The summed E-state index contributed by atoms with van der Waals surface area (Å²) < 4.78 is 1.75. The maximum absolute atomic E-state index is 12.1. The summed E-state index contributed by atoms with van der Waals surface area (Å²) in [6.07, 6.45) is 5.26. The van der Waals surface area contributed by atoms with Crippen molar-refractivity contribution in [3.05, 3.63) is 59.8 Å². The van der Waals surface area contributed by atoms with Gasteiger partial charge in [0.1, 0.15) is 0 Å². The zero-order chi connectivity index (χ0) is 19.2. The van der Waals surface area contributed by atoms with Gasteiger partial charge in [-0.2, -0.15) is 5.10 Å². The van der Waals surface area contributed by atoms with Gasteiger partial charge in [0.2, 0.25) is 5.91 Å². The first kappa shape index (κ1) is 18.6. The molecule has 3 rings (SSSR count). The van der Waals surface area contributed by atoms with Crippen LogP contribution < -0.4 is 5.32 Å². The predicted molar refractivity (Wildman–Crippen MR) is 105 cm³/mol. The van der Waals surface area contributed by atoms with Crippen LogP contribution in [0.5, 0.6) is 0 Å². The first-order chi connectivity index (χ1) is 13.1. The second-order valence-electron chi connectivity index (χ2n) is 6.54. The second kappa shape index (κ2) is 8.49. The minimum absolute atomic E-state index is 0.00471. The molecule has 0 unspecified atom stereocenters. The number of fused-ring (bicyclic) bond motifs is 1. The van der Waals surface area contributed by atoms with Crippen molar-refractivity contribution in [3.8, 4) is 0 Å². The molecule has 2 N–H and O–H groups in total. The Balaban J connectivity index is 1.81. The van der Waals surface area contributed by atoms with E-state index in [1.807, 2.05) is 24.3 Å². The summed E-state index contributed by atoms with van der Waals surface area (Å²) in [5.41, 5.74) is 2.52. The minimum Gasteiger partial charge on any atom is -0.478 e. The molecule has 0 radical (unpaired) electrons. The number of carbonyl (C=O) groups excluding carboxylic acids is 1. The molecule has 27 heavy (non-hydrogen) atoms. The number of carbonyl (C=O) groups is 2. The fourth-order valence-corrected chi connectivity index (χ4v) is 3.06. The van der Waals surface area contributed by atoms with Gasteiger partial charge >= 0.3 is 5.97 Å². The van der Waals surface area contributed by atoms with E-state index in [0.29, 0.717) is 18.5 Å². The molecule has 2 aromatic carbocycles. The fourth-order valence-electron chi connectivity index (χ4n) is 3.06. The van der Waals surface area contributed by atoms with Gasteiger partial charge < -0.3 is 10.4 Å². The van der Waals surface area contributed by atoms with E-state index in [1.165, 1.54) is 0 Å². The van der Waals surface area contributed by atoms with Gasteiger partial charge in [-0.1, -0.05) is 38.0 Å². The van der Waals surface area contributed by atoms with Crippen LogP contribution >= 0.6 is 0 Å². The quantitative estimate of drug-likeness (QED) is 0.583. The highest BCUT2D eigenvalue weighted by Gasteiger charge is 2.12. The third kappa shape index (κ3) is 4.53. The molecule has 0 fully saturated rings. The Morgan fingerprint density at radius 1 is 1.15 bits per heavy atom. The Labute approximate surface area is 157 Å². The number of hydrogen-bond acceptors (Lipinski definition) is 3. The molecule has 6 nitrogen and oxygen atoms in total. The van der Waals surface area contributed by atoms with Crippen molar-refractivity contribution < 1.29 is 14.7 Å². The average Bonchev–Trinajstić information content (AvgIpc) is 3.04. The Morgan fingerprint density at radius 3 is 2.74 bits per heavy atom. The number of anilines is 1. The molecule has 3 aromatic rings. The van der Waals surface area contributed by atoms with Crippen molar-refractivity contribution in [2.75, 3.05) is 5.32 Å². The van der Waals surface area contributed by atoms with Gasteiger partial charge in [-0.05, 0) is 36.2 Å². The van der Waals surface area contributed by atoms with Crippen molar-refractivity contribution in [2.45, 2.75) is 39.2 Å². The van der Waals surface area contributed by atoms with Crippen molar-refractivity contribution in [1.82, 2.24) is 9.78 Å². The van der Waals surface area contributed by atoms with E-state index in [4.69, 9.17) is 0 Å². The van der Waals surface area contributed by atoms with E-state index >= 15 is 0 Å². The molecule has 0 spiro atoms. The number of nitrogens with zero attached hydrogens (tertiary/aromatic N) is 2. The van der Waals surface area contributed by atoms with Crippen molar-refractivity contribution in [3.63, 3.8) is 0 Å². The van der Waals surface area contributed by atoms with Crippen LogP contribution in [0.4, 0.5) is 5.69 Å². The minimum atomic E-state index is -0.956. The number of hydrogen-bond donors (Lipinski definition) is 2. The molecule has 6 heteroatoms. The Kier molecular flexibility index (Phi) is 5.86. The van der Waals surface area contributed by atoms with Crippen LogP contribution in [0.1, 0.15) is 48.5 Å². The van der Waals surface area contributed by atoms with Crippen LogP contribution in [0.25, 0.3) is 10.9 Å². The molecule has 0 bridgehead atoms. The van der Waals surface area contributed by atoms with Crippen LogP contribution in [0, 0.1) is 0 Å². The molecule has 140 valence electrons. The molecule has 0 aliphatic carbocycles. The first-order valence-electron chi connectivity index (χ1n) is 9.15. The Hall–Kier alpha value is -3.15. The third-order valence-corrected chi connectivity index (χ3v) is 4.50. The van der Waals surface area contributed by atoms with Gasteiger partial charge in [0.05, 0.1) is 23.8 Å². The van der Waals surface area contributed by atoms with Gasteiger partial charge in [0.15, 0.2) is 0 Å². The second-order valence-corrected chi connectivity index (χ2v) is 6.54. The van der Waals surface area contributed by atoms with Gasteiger partial charge in [0.25, 0.3) is 0 Å². The largest absolute Gasteiger partial charge is 0.478 e. The predicted octanol–water partition coefficient (Wildman–Crippen LogP) is 4.30. The van der Waals surface area contributed by atoms with Crippen LogP contribution in [-0.4, -0.2) is 26.8 Å². The summed E-state index contributed by atoms with van der Waals surface area (Å²) in [5, 5.41) is 17.6. The Bertz CT molecular complexity index is 962. The summed E-state index contributed by atoms with van der Waals surface area (Å²) in [6.45, 7) is 2.45. The van der Waals surface area contributed by atoms with Gasteiger partial charge in [0, 0.05) is 17.5 Å². The monoisotopic (exact) mass is 365 g/mol. The van der Waals surface area contributed by atoms with Crippen molar-refractivity contribution >= 4 is 28.5 Å². The molecule has 0 saturated carbocycles. The highest BCUT2D eigenvalue weighted by Crippen LogP contribution is 2.21.